The smallest absolute Gasteiger partial charge is 0.123 e. The van der Waals surface area contributed by atoms with E-state index in [4.69, 9.17) is 0 Å². The van der Waals surface area contributed by atoms with E-state index in [9.17, 15) is 4.79 Å². The van der Waals surface area contributed by atoms with Crippen LogP contribution in [0.4, 0.5) is 0 Å². The topological polar surface area (TPSA) is 17.1 Å². The highest BCUT2D eigenvalue weighted by molar-refractivity contribution is 5.55. The maximum atomic E-state index is 10.7. The molecular formula is C10H18O. The van der Waals surface area contributed by atoms with Gasteiger partial charge in [-0.15, -0.1) is 0 Å². The average Bonchev–Trinajstić information content (AvgIpc) is 2.13. The van der Waals surface area contributed by atoms with E-state index in [1.807, 2.05) is 0 Å². The summed E-state index contributed by atoms with van der Waals surface area (Å²) >= 11 is 0. The van der Waals surface area contributed by atoms with E-state index in [-0.39, 0.29) is 0 Å². The Hall–Kier alpha value is -0.330. The molecule has 0 aromatic rings. The molecule has 0 amide bonds. The zero-order valence-electron chi connectivity index (χ0n) is 7.92. The van der Waals surface area contributed by atoms with E-state index < -0.39 is 0 Å². The lowest BCUT2D eigenvalue weighted by Crippen LogP contribution is -2.17. The summed E-state index contributed by atoms with van der Waals surface area (Å²) < 4.78 is 0. The molecule has 0 saturated heterocycles. The lowest BCUT2D eigenvalue weighted by molar-refractivity contribution is -0.112. The number of hydrogen-bond acceptors (Lipinski definition) is 1. The zero-order valence-corrected chi connectivity index (χ0v) is 7.92. The molecule has 1 saturated carbocycles. The van der Waals surface area contributed by atoms with Gasteiger partial charge in [0.05, 0.1) is 0 Å². The Morgan fingerprint density at radius 3 is 2.09 bits per heavy atom. The third-order valence-corrected chi connectivity index (χ3v) is 3.63. The van der Waals surface area contributed by atoms with Crippen molar-refractivity contribution in [2.75, 3.05) is 0 Å². The van der Waals surface area contributed by atoms with Gasteiger partial charge in [0.25, 0.3) is 0 Å². The monoisotopic (exact) mass is 154 g/mol. The fraction of sp³-hybridized carbons (Fsp3) is 0.900. The van der Waals surface area contributed by atoms with Crippen LogP contribution < -0.4 is 0 Å². The van der Waals surface area contributed by atoms with Crippen LogP contribution >= 0.6 is 0 Å². The first kappa shape index (κ1) is 8.76. The minimum absolute atomic E-state index is 0.306. The summed E-state index contributed by atoms with van der Waals surface area (Å²) in [4.78, 5) is 10.7. The first-order valence-corrected chi connectivity index (χ1v) is 4.44. The van der Waals surface area contributed by atoms with Gasteiger partial charge in [0.15, 0.2) is 0 Å². The molecule has 1 aliphatic rings. The van der Waals surface area contributed by atoms with Gasteiger partial charge in [-0.05, 0) is 23.7 Å². The van der Waals surface area contributed by atoms with Crippen LogP contribution in [0.2, 0.25) is 0 Å². The normalized spacial score (nSPS) is 42.4. The number of aldehydes is 1. The van der Waals surface area contributed by atoms with E-state index in [1.165, 1.54) is 0 Å². The standard InChI is InChI=1S/C10H18O/c1-7-8(2)10(3,4)5-9(7)6-11/h6-9H,5H2,1-4H3/t7?,8?,9-/m0/s1. The molecule has 1 fully saturated rings. The Morgan fingerprint density at radius 1 is 1.36 bits per heavy atom. The van der Waals surface area contributed by atoms with Gasteiger partial charge in [-0.1, -0.05) is 27.7 Å². The Bertz CT molecular complexity index is 160. The van der Waals surface area contributed by atoms with Crippen molar-refractivity contribution < 1.29 is 4.79 Å². The Balaban J connectivity index is 2.76. The van der Waals surface area contributed by atoms with Crippen molar-refractivity contribution in [1.82, 2.24) is 0 Å². The quantitative estimate of drug-likeness (QED) is 0.530. The van der Waals surface area contributed by atoms with E-state index >= 15 is 0 Å². The number of carbonyl (C=O) groups excluding carboxylic acids is 1. The summed E-state index contributed by atoms with van der Waals surface area (Å²) in [7, 11) is 0. The summed E-state index contributed by atoms with van der Waals surface area (Å²) in [6.45, 7) is 8.97. The van der Waals surface area contributed by atoms with Crippen LogP contribution in [0.5, 0.6) is 0 Å². The van der Waals surface area contributed by atoms with Crippen LogP contribution in [0.3, 0.4) is 0 Å². The van der Waals surface area contributed by atoms with Crippen molar-refractivity contribution in [3.8, 4) is 0 Å². The Morgan fingerprint density at radius 2 is 1.91 bits per heavy atom. The SMILES string of the molecule is CC1C(C)C(C)(C)C[C@H]1C=O. The van der Waals surface area contributed by atoms with Crippen LogP contribution in [0.1, 0.15) is 34.1 Å². The van der Waals surface area contributed by atoms with E-state index in [0.717, 1.165) is 12.7 Å². The maximum absolute atomic E-state index is 10.7. The molecule has 0 aromatic heterocycles. The van der Waals surface area contributed by atoms with Gasteiger partial charge >= 0.3 is 0 Å². The molecule has 1 nitrogen and oxygen atoms in total. The second kappa shape index (κ2) is 2.62. The average molecular weight is 154 g/mol. The Kier molecular flexibility index (Phi) is 2.08. The van der Waals surface area contributed by atoms with Gasteiger partial charge in [0, 0.05) is 5.92 Å². The lowest BCUT2D eigenvalue weighted by atomic mass is 9.81. The first-order chi connectivity index (χ1) is 4.99. The largest absolute Gasteiger partial charge is 0.303 e. The fourth-order valence-electron chi connectivity index (χ4n) is 2.23. The van der Waals surface area contributed by atoms with Gasteiger partial charge in [0.1, 0.15) is 6.29 Å². The molecular weight excluding hydrogens is 136 g/mol. The minimum Gasteiger partial charge on any atom is -0.303 e. The third kappa shape index (κ3) is 1.33. The summed E-state index contributed by atoms with van der Waals surface area (Å²) in [5, 5.41) is 0. The molecule has 3 atom stereocenters. The molecule has 0 radical (unpaired) electrons. The summed E-state index contributed by atoms with van der Waals surface area (Å²) in [6.07, 6.45) is 2.20. The van der Waals surface area contributed by atoms with Crippen LogP contribution in [-0.2, 0) is 4.79 Å². The first-order valence-electron chi connectivity index (χ1n) is 4.44. The molecule has 64 valence electrons. The third-order valence-electron chi connectivity index (χ3n) is 3.63. The van der Waals surface area contributed by atoms with E-state index in [0.29, 0.717) is 23.2 Å². The van der Waals surface area contributed by atoms with Crippen LogP contribution in [0, 0.1) is 23.2 Å². The highest BCUT2D eigenvalue weighted by Gasteiger charge is 2.42. The van der Waals surface area contributed by atoms with Crippen molar-refractivity contribution in [2.45, 2.75) is 34.1 Å². The minimum atomic E-state index is 0.306. The van der Waals surface area contributed by atoms with E-state index in [1.54, 1.807) is 0 Å². The van der Waals surface area contributed by atoms with Gasteiger partial charge in [-0.3, -0.25) is 0 Å². The highest BCUT2D eigenvalue weighted by Crippen LogP contribution is 2.48. The molecule has 1 aliphatic carbocycles. The molecule has 0 heterocycles. The molecule has 0 aromatic carbocycles. The van der Waals surface area contributed by atoms with Gasteiger partial charge in [-0.25, -0.2) is 0 Å². The van der Waals surface area contributed by atoms with Crippen molar-refractivity contribution in [3.05, 3.63) is 0 Å². The van der Waals surface area contributed by atoms with Crippen LogP contribution in [0.25, 0.3) is 0 Å². The molecule has 2 unspecified atom stereocenters. The van der Waals surface area contributed by atoms with Crippen molar-refractivity contribution in [3.63, 3.8) is 0 Å². The fourth-order valence-corrected chi connectivity index (χ4v) is 2.23. The van der Waals surface area contributed by atoms with Crippen molar-refractivity contribution >= 4 is 6.29 Å². The molecule has 1 rings (SSSR count). The number of hydrogen-bond donors (Lipinski definition) is 0. The Labute approximate surface area is 69.2 Å². The van der Waals surface area contributed by atoms with E-state index in [2.05, 4.69) is 27.7 Å². The molecule has 0 spiro atoms. The predicted molar refractivity (Wildman–Crippen MR) is 46.3 cm³/mol. The lowest BCUT2D eigenvalue weighted by Gasteiger charge is -2.24. The summed E-state index contributed by atoms with van der Waals surface area (Å²) in [5.41, 5.74) is 0.366. The second-order valence-corrected chi connectivity index (χ2v) is 4.64. The van der Waals surface area contributed by atoms with Gasteiger partial charge in [0.2, 0.25) is 0 Å². The molecule has 0 bridgehead atoms. The molecule has 11 heavy (non-hydrogen) atoms. The van der Waals surface area contributed by atoms with Gasteiger partial charge < -0.3 is 4.79 Å². The molecule has 1 heteroatoms. The second-order valence-electron chi connectivity index (χ2n) is 4.64. The number of carbonyl (C=O) groups is 1. The van der Waals surface area contributed by atoms with Gasteiger partial charge in [-0.2, -0.15) is 0 Å². The molecule has 0 aliphatic heterocycles. The predicted octanol–water partition coefficient (Wildman–Crippen LogP) is 2.50. The zero-order chi connectivity index (χ0) is 8.65. The number of rotatable bonds is 1. The van der Waals surface area contributed by atoms with Crippen molar-refractivity contribution in [1.29, 1.82) is 0 Å². The van der Waals surface area contributed by atoms with Crippen LogP contribution in [0.15, 0.2) is 0 Å². The summed E-state index contributed by atoms with van der Waals surface area (Å²) in [6, 6.07) is 0. The van der Waals surface area contributed by atoms with Crippen LogP contribution in [-0.4, -0.2) is 6.29 Å². The highest BCUT2D eigenvalue weighted by atomic mass is 16.1. The summed E-state index contributed by atoms with van der Waals surface area (Å²) in [5.74, 6) is 1.56. The van der Waals surface area contributed by atoms with Crippen molar-refractivity contribution in [2.24, 2.45) is 23.2 Å². The maximum Gasteiger partial charge on any atom is 0.123 e. The molecule has 0 N–H and O–H groups in total.